The van der Waals surface area contributed by atoms with Gasteiger partial charge in [-0.1, -0.05) is 54.9 Å². The fourth-order valence-corrected chi connectivity index (χ4v) is 3.21. The standard InChI is InChI=1S/C22H30N4O/c1-2-3-19-27-24-21(20-9-5-4-6-10-20)12-14-25-15-17-26(18-16-25)22-11-7-8-13-23-22/h4-11,13H,2-3,12,14-19H2,1H3. The summed E-state index contributed by atoms with van der Waals surface area (Å²) in [6.07, 6.45) is 4.93. The molecule has 3 rings (SSSR count). The summed E-state index contributed by atoms with van der Waals surface area (Å²) in [7, 11) is 0. The molecule has 0 aliphatic carbocycles. The molecule has 2 heterocycles. The summed E-state index contributed by atoms with van der Waals surface area (Å²) in [5, 5.41) is 4.45. The minimum Gasteiger partial charge on any atom is -0.396 e. The predicted molar refractivity (Wildman–Crippen MR) is 111 cm³/mol. The highest BCUT2D eigenvalue weighted by Crippen LogP contribution is 2.13. The smallest absolute Gasteiger partial charge is 0.128 e. The number of piperazine rings is 1. The third kappa shape index (κ3) is 6.07. The summed E-state index contributed by atoms with van der Waals surface area (Å²) >= 11 is 0. The van der Waals surface area contributed by atoms with Gasteiger partial charge in [0.15, 0.2) is 0 Å². The number of anilines is 1. The van der Waals surface area contributed by atoms with Crippen LogP contribution in [0.25, 0.3) is 0 Å². The average molecular weight is 367 g/mol. The molecule has 0 N–H and O–H groups in total. The number of benzene rings is 1. The predicted octanol–water partition coefficient (Wildman–Crippen LogP) is 3.81. The molecule has 27 heavy (non-hydrogen) atoms. The lowest BCUT2D eigenvalue weighted by Crippen LogP contribution is -2.47. The van der Waals surface area contributed by atoms with Crippen molar-refractivity contribution >= 4 is 11.5 Å². The molecule has 1 aromatic heterocycles. The van der Waals surface area contributed by atoms with Crippen LogP contribution in [0.5, 0.6) is 0 Å². The highest BCUT2D eigenvalue weighted by atomic mass is 16.6. The molecule has 1 aromatic carbocycles. The topological polar surface area (TPSA) is 41.0 Å². The fraction of sp³-hybridized carbons (Fsp3) is 0.455. The fourth-order valence-electron chi connectivity index (χ4n) is 3.21. The Morgan fingerprint density at radius 1 is 1.04 bits per heavy atom. The Bertz CT molecular complexity index is 682. The summed E-state index contributed by atoms with van der Waals surface area (Å²) < 4.78 is 0. The van der Waals surface area contributed by atoms with Crippen LogP contribution in [-0.2, 0) is 4.84 Å². The molecule has 5 heteroatoms. The highest BCUT2D eigenvalue weighted by molar-refractivity contribution is 6.00. The Labute approximate surface area is 162 Å². The van der Waals surface area contributed by atoms with Crippen molar-refractivity contribution in [2.24, 2.45) is 5.16 Å². The van der Waals surface area contributed by atoms with Gasteiger partial charge >= 0.3 is 0 Å². The molecule has 0 radical (unpaired) electrons. The van der Waals surface area contributed by atoms with Gasteiger partial charge in [-0.3, -0.25) is 4.90 Å². The lowest BCUT2D eigenvalue weighted by atomic mass is 10.1. The van der Waals surface area contributed by atoms with E-state index in [1.165, 1.54) is 0 Å². The maximum absolute atomic E-state index is 5.56. The Morgan fingerprint density at radius 2 is 1.81 bits per heavy atom. The molecule has 0 amide bonds. The second-order valence-corrected chi connectivity index (χ2v) is 6.86. The molecule has 1 aliphatic heterocycles. The summed E-state index contributed by atoms with van der Waals surface area (Å²) in [6, 6.07) is 16.5. The SMILES string of the molecule is CCCCON=C(CCN1CCN(c2ccccn2)CC1)c1ccccc1. The second kappa shape index (κ2) is 10.7. The number of hydrogen-bond donors (Lipinski definition) is 0. The van der Waals surface area contributed by atoms with Crippen LogP contribution < -0.4 is 4.90 Å². The van der Waals surface area contributed by atoms with E-state index in [1.54, 1.807) is 0 Å². The number of unbranched alkanes of at least 4 members (excludes halogenated alkanes) is 1. The van der Waals surface area contributed by atoms with Crippen LogP contribution in [0.15, 0.2) is 59.9 Å². The van der Waals surface area contributed by atoms with Crippen LogP contribution in [-0.4, -0.2) is 54.9 Å². The van der Waals surface area contributed by atoms with Gasteiger partial charge < -0.3 is 9.74 Å². The van der Waals surface area contributed by atoms with Crippen LogP contribution >= 0.6 is 0 Å². The minimum absolute atomic E-state index is 0.690. The maximum atomic E-state index is 5.56. The van der Waals surface area contributed by atoms with Crippen LogP contribution in [0.3, 0.4) is 0 Å². The van der Waals surface area contributed by atoms with Gasteiger partial charge in [-0.2, -0.15) is 0 Å². The molecular formula is C22H30N4O. The lowest BCUT2D eigenvalue weighted by molar-refractivity contribution is 0.140. The van der Waals surface area contributed by atoms with Crippen molar-refractivity contribution in [2.75, 3.05) is 44.2 Å². The normalized spacial score (nSPS) is 15.7. The van der Waals surface area contributed by atoms with Gasteiger partial charge in [0.2, 0.25) is 0 Å². The van der Waals surface area contributed by atoms with Gasteiger partial charge in [0.05, 0.1) is 5.71 Å². The van der Waals surface area contributed by atoms with Crippen molar-refractivity contribution in [1.29, 1.82) is 0 Å². The molecule has 1 aliphatic rings. The highest BCUT2D eigenvalue weighted by Gasteiger charge is 2.18. The summed E-state index contributed by atoms with van der Waals surface area (Å²) in [5.74, 6) is 1.08. The third-order valence-electron chi connectivity index (χ3n) is 4.88. The number of nitrogens with zero attached hydrogens (tertiary/aromatic N) is 4. The molecule has 2 aromatic rings. The molecule has 5 nitrogen and oxygen atoms in total. The molecule has 1 fully saturated rings. The van der Waals surface area contributed by atoms with E-state index in [0.717, 1.165) is 69.1 Å². The first-order valence-corrected chi connectivity index (χ1v) is 9.99. The molecule has 0 unspecified atom stereocenters. The molecule has 0 spiro atoms. The van der Waals surface area contributed by atoms with E-state index in [-0.39, 0.29) is 0 Å². The van der Waals surface area contributed by atoms with E-state index in [9.17, 15) is 0 Å². The first-order valence-electron chi connectivity index (χ1n) is 9.99. The van der Waals surface area contributed by atoms with E-state index in [1.807, 2.05) is 18.3 Å². The van der Waals surface area contributed by atoms with Crippen molar-refractivity contribution in [2.45, 2.75) is 26.2 Å². The van der Waals surface area contributed by atoms with Gasteiger partial charge in [0, 0.05) is 45.3 Å². The Balaban J connectivity index is 1.51. The van der Waals surface area contributed by atoms with Crippen LogP contribution in [0.4, 0.5) is 5.82 Å². The number of rotatable bonds is 9. The van der Waals surface area contributed by atoms with Crippen molar-refractivity contribution in [1.82, 2.24) is 9.88 Å². The van der Waals surface area contributed by atoms with Crippen LogP contribution in [0.2, 0.25) is 0 Å². The summed E-state index contributed by atoms with van der Waals surface area (Å²) in [4.78, 5) is 14.9. The largest absolute Gasteiger partial charge is 0.396 e. The van der Waals surface area contributed by atoms with Crippen LogP contribution in [0.1, 0.15) is 31.7 Å². The van der Waals surface area contributed by atoms with Gasteiger partial charge in [-0.15, -0.1) is 0 Å². The summed E-state index contributed by atoms with van der Waals surface area (Å²) in [5.41, 5.74) is 2.19. The third-order valence-corrected chi connectivity index (χ3v) is 4.88. The summed E-state index contributed by atoms with van der Waals surface area (Å²) in [6.45, 7) is 7.99. The van der Waals surface area contributed by atoms with E-state index >= 15 is 0 Å². The van der Waals surface area contributed by atoms with E-state index in [0.29, 0.717) is 6.61 Å². The van der Waals surface area contributed by atoms with Crippen molar-refractivity contribution < 1.29 is 4.84 Å². The molecule has 0 bridgehead atoms. The monoisotopic (exact) mass is 366 g/mol. The Kier molecular flexibility index (Phi) is 7.66. The first-order chi connectivity index (χ1) is 13.4. The lowest BCUT2D eigenvalue weighted by Gasteiger charge is -2.35. The molecule has 0 atom stereocenters. The van der Waals surface area contributed by atoms with Crippen molar-refractivity contribution in [3.8, 4) is 0 Å². The number of aromatic nitrogens is 1. The first kappa shape index (κ1) is 19.4. The molecule has 144 valence electrons. The zero-order valence-corrected chi connectivity index (χ0v) is 16.3. The van der Waals surface area contributed by atoms with Gasteiger partial charge in [-0.25, -0.2) is 4.98 Å². The molecular weight excluding hydrogens is 336 g/mol. The van der Waals surface area contributed by atoms with Crippen molar-refractivity contribution in [3.05, 3.63) is 60.3 Å². The van der Waals surface area contributed by atoms with E-state index in [4.69, 9.17) is 4.84 Å². The van der Waals surface area contributed by atoms with E-state index in [2.05, 4.69) is 63.3 Å². The van der Waals surface area contributed by atoms with Crippen LogP contribution in [0, 0.1) is 0 Å². The van der Waals surface area contributed by atoms with Gasteiger partial charge in [-0.05, 0) is 24.1 Å². The zero-order chi connectivity index (χ0) is 18.7. The number of hydrogen-bond acceptors (Lipinski definition) is 5. The maximum Gasteiger partial charge on any atom is 0.128 e. The van der Waals surface area contributed by atoms with Crippen molar-refractivity contribution in [3.63, 3.8) is 0 Å². The number of oxime groups is 1. The van der Waals surface area contributed by atoms with E-state index < -0.39 is 0 Å². The average Bonchev–Trinajstić information content (AvgIpc) is 2.75. The minimum atomic E-state index is 0.690. The molecule has 0 saturated carbocycles. The second-order valence-electron chi connectivity index (χ2n) is 6.86. The number of pyridine rings is 1. The Hall–Kier alpha value is -2.40. The zero-order valence-electron chi connectivity index (χ0n) is 16.3. The molecule has 1 saturated heterocycles. The van der Waals surface area contributed by atoms with Gasteiger partial charge in [0.1, 0.15) is 12.4 Å². The quantitative estimate of drug-likeness (QED) is 0.384. The van der Waals surface area contributed by atoms with Gasteiger partial charge in [0.25, 0.3) is 0 Å². The Morgan fingerprint density at radius 3 is 2.52 bits per heavy atom.